The molecule has 0 saturated carbocycles. The standard InChI is InChI=1S/C83H93BN2/c1-48-36-58-62(79(11,12)34-30-75(58,3)4)45-68(48)85-70-41-53-52-40-60-61(78(9,10)33-32-77(60,7)8)42-56(52)83(19,20)57(53)43-66(70)84-67-44-64-65(82(17,18)55-29-25-24-28-54(55)81(64,15)16)47-71(67)86(73-39-51(38-72(85)74(73)84)50-26-22-21-23-27-50)69-46-63-59(37-49(69)2)76(5,6)31-35-80(63,13)14/h21-29,36-47H,30-35H2,1-20H3. The van der Waals surface area contributed by atoms with Gasteiger partial charge in [0.25, 0.3) is 6.71 Å². The zero-order valence-electron chi connectivity index (χ0n) is 55.8. The summed E-state index contributed by atoms with van der Waals surface area (Å²) in [6, 6.07) is 52.8. The monoisotopic (exact) mass is 1130 g/mol. The Balaban J connectivity index is 1.11. The predicted molar refractivity (Wildman–Crippen MR) is 369 cm³/mol. The Morgan fingerprint density at radius 3 is 1.08 bits per heavy atom. The summed E-state index contributed by atoms with van der Waals surface area (Å²) in [5.74, 6) is 0. The zero-order chi connectivity index (χ0) is 60.9. The second kappa shape index (κ2) is 17.4. The number of rotatable bonds is 3. The fraction of sp³-hybridized carbons (Fsp3) is 0.422. The third-order valence-corrected chi connectivity index (χ3v) is 24.5. The van der Waals surface area contributed by atoms with Crippen LogP contribution in [0.5, 0.6) is 0 Å². The SMILES string of the molecule is Cc1cc2c(cc1N1c3cc4c(cc3B3c5cc6c(cc5N(c5cc7c(cc5C)C(C)(C)CCC7(C)C)c5cc(-c7ccccc7)cc1c53)C(C)(C)c1ccccc1C6(C)C)C(C)(C)c1cc3c(cc1-4)C(C)(C)CCC3(C)C)C(C)(C)CCC2(C)C. The van der Waals surface area contributed by atoms with Crippen LogP contribution in [0.2, 0.25) is 0 Å². The lowest BCUT2D eigenvalue weighted by Crippen LogP contribution is -2.62. The van der Waals surface area contributed by atoms with Gasteiger partial charge in [-0.1, -0.05) is 210 Å². The Morgan fingerprint density at radius 1 is 0.279 bits per heavy atom. The van der Waals surface area contributed by atoms with Gasteiger partial charge in [0.15, 0.2) is 0 Å². The molecule has 0 N–H and O–H groups in total. The summed E-state index contributed by atoms with van der Waals surface area (Å²) in [5, 5.41) is 0. The van der Waals surface area contributed by atoms with E-state index in [4.69, 9.17) is 0 Å². The average Bonchev–Trinajstić information content (AvgIpc) is 0.995. The average molecular weight is 1130 g/mol. The summed E-state index contributed by atoms with van der Waals surface area (Å²) in [5.41, 5.74) is 37.4. The van der Waals surface area contributed by atoms with Crippen LogP contribution in [0.25, 0.3) is 22.3 Å². The minimum atomic E-state index is -0.247. The third kappa shape index (κ3) is 7.51. The van der Waals surface area contributed by atoms with Crippen molar-refractivity contribution in [3.8, 4) is 22.3 Å². The molecule has 8 aromatic rings. The molecule has 0 bridgehead atoms. The molecule has 5 aliphatic carbocycles. The Kier molecular flexibility index (Phi) is 11.3. The lowest BCUT2D eigenvalue weighted by molar-refractivity contribution is 0.331. The fourth-order valence-corrected chi connectivity index (χ4v) is 18.4. The normalized spacial score (nSPS) is 21.3. The molecule has 0 aromatic heterocycles. The van der Waals surface area contributed by atoms with Gasteiger partial charge in [-0.3, -0.25) is 0 Å². The first-order chi connectivity index (χ1) is 40.2. The summed E-state index contributed by atoms with van der Waals surface area (Å²) >= 11 is 0. The molecule has 0 amide bonds. The maximum atomic E-state index is 2.80. The first kappa shape index (κ1) is 56.0. The molecule has 0 saturated heterocycles. The van der Waals surface area contributed by atoms with Gasteiger partial charge in [0.2, 0.25) is 0 Å². The molecule has 0 unspecified atom stereocenters. The lowest BCUT2D eigenvalue weighted by Gasteiger charge is -2.49. The Bertz CT molecular complexity index is 4300. The van der Waals surface area contributed by atoms with Crippen molar-refractivity contribution in [1.29, 1.82) is 0 Å². The molecule has 7 aliphatic rings. The zero-order valence-corrected chi connectivity index (χ0v) is 55.8. The minimum absolute atomic E-state index is 0.0146. The molecule has 0 spiro atoms. The van der Waals surface area contributed by atoms with Crippen LogP contribution in [0.15, 0.2) is 127 Å². The number of hydrogen-bond donors (Lipinski definition) is 0. The molecule has 2 nitrogen and oxygen atoms in total. The highest BCUT2D eigenvalue weighted by Gasteiger charge is 2.52. The summed E-state index contributed by atoms with van der Waals surface area (Å²) in [6.07, 6.45) is 7.07. The highest BCUT2D eigenvalue weighted by molar-refractivity contribution is 7.00. The second-order valence-corrected chi connectivity index (χ2v) is 33.8. The first-order valence-electron chi connectivity index (χ1n) is 33.0. The van der Waals surface area contributed by atoms with Crippen LogP contribution in [-0.2, 0) is 48.7 Å². The highest BCUT2D eigenvalue weighted by atomic mass is 15.2. The van der Waals surface area contributed by atoms with Gasteiger partial charge in [-0.15, -0.1) is 0 Å². The van der Waals surface area contributed by atoms with Gasteiger partial charge in [-0.25, -0.2) is 0 Å². The molecule has 0 fully saturated rings. The molecule has 86 heavy (non-hydrogen) atoms. The van der Waals surface area contributed by atoms with E-state index >= 15 is 0 Å². The van der Waals surface area contributed by atoms with Gasteiger partial charge in [0.1, 0.15) is 0 Å². The van der Waals surface area contributed by atoms with Crippen LogP contribution in [0, 0.1) is 13.8 Å². The van der Waals surface area contributed by atoms with Crippen LogP contribution in [0.4, 0.5) is 34.1 Å². The number of benzene rings is 8. The molecule has 2 heterocycles. The molecule has 15 rings (SSSR count). The molecule has 2 aliphatic heterocycles. The van der Waals surface area contributed by atoms with Crippen molar-refractivity contribution >= 4 is 57.2 Å². The van der Waals surface area contributed by atoms with Crippen molar-refractivity contribution in [2.75, 3.05) is 9.80 Å². The molecule has 8 aromatic carbocycles. The van der Waals surface area contributed by atoms with E-state index < -0.39 is 0 Å². The van der Waals surface area contributed by atoms with Crippen molar-refractivity contribution < 1.29 is 0 Å². The van der Waals surface area contributed by atoms with Gasteiger partial charge in [0, 0.05) is 50.4 Å². The number of nitrogens with zero attached hydrogens (tertiary/aromatic N) is 2. The van der Waals surface area contributed by atoms with E-state index in [1.807, 2.05) is 0 Å². The van der Waals surface area contributed by atoms with E-state index in [1.54, 1.807) is 5.56 Å². The smallest absolute Gasteiger partial charge is 0.252 e. The van der Waals surface area contributed by atoms with Gasteiger partial charge in [-0.2, -0.15) is 0 Å². The van der Waals surface area contributed by atoms with Gasteiger partial charge in [0.05, 0.1) is 0 Å². The van der Waals surface area contributed by atoms with Gasteiger partial charge < -0.3 is 9.80 Å². The van der Waals surface area contributed by atoms with Crippen molar-refractivity contribution in [2.45, 2.75) is 226 Å². The molecule has 0 atom stereocenters. The van der Waals surface area contributed by atoms with E-state index in [9.17, 15) is 0 Å². The second-order valence-electron chi connectivity index (χ2n) is 33.8. The number of aryl methyl sites for hydroxylation is 2. The van der Waals surface area contributed by atoms with E-state index in [0.717, 1.165) is 12.8 Å². The van der Waals surface area contributed by atoms with Crippen molar-refractivity contribution in [2.24, 2.45) is 0 Å². The maximum Gasteiger partial charge on any atom is 0.252 e. The van der Waals surface area contributed by atoms with E-state index in [0.29, 0.717) is 0 Å². The van der Waals surface area contributed by atoms with Crippen LogP contribution >= 0.6 is 0 Å². The molecule has 0 radical (unpaired) electrons. The Hall–Kier alpha value is -6.58. The van der Waals surface area contributed by atoms with E-state index in [2.05, 4.69) is 276 Å². The largest absolute Gasteiger partial charge is 0.311 e. The van der Waals surface area contributed by atoms with Crippen molar-refractivity contribution in [1.82, 2.24) is 0 Å². The number of fused-ring (bicyclic) bond motifs is 12. The van der Waals surface area contributed by atoms with Crippen LogP contribution in [0.1, 0.15) is 241 Å². The summed E-state index contributed by atoms with van der Waals surface area (Å²) in [4.78, 5) is 5.60. The highest BCUT2D eigenvalue weighted by Crippen LogP contribution is 2.60. The summed E-state index contributed by atoms with van der Waals surface area (Å²) in [7, 11) is 0. The van der Waals surface area contributed by atoms with E-state index in [-0.39, 0.29) is 55.4 Å². The third-order valence-electron chi connectivity index (χ3n) is 24.5. The van der Waals surface area contributed by atoms with Gasteiger partial charge >= 0.3 is 0 Å². The minimum Gasteiger partial charge on any atom is -0.311 e. The summed E-state index contributed by atoms with van der Waals surface area (Å²) in [6.45, 7) is 49.8. The van der Waals surface area contributed by atoms with Crippen LogP contribution in [0.3, 0.4) is 0 Å². The molecular formula is C83H93BN2. The van der Waals surface area contributed by atoms with Crippen LogP contribution < -0.4 is 26.2 Å². The van der Waals surface area contributed by atoms with Gasteiger partial charge in [-0.05, 0) is 244 Å². The molecule has 3 heteroatoms. The predicted octanol–water partition coefficient (Wildman–Crippen LogP) is 20.4. The molecule has 438 valence electrons. The fourth-order valence-electron chi connectivity index (χ4n) is 18.4. The first-order valence-corrected chi connectivity index (χ1v) is 33.0. The Labute approximate surface area is 517 Å². The number of anilines is 6. The summed E-state index contributed by atoms with van der Waals surface area (Å²) < 4.78 is 0. The quantitative estimate of drug-likeness (QED) is 0.163. The lowest BCUT2D eigenvalue weighted by atomic mass is 9.32. The van der Waals surface area contributed by atoms with Crippen molar-refractivity contribution in [3.63, 3.8) is 0 Å². The van der Waals surface area contributed by atoms with E-state index in [1.165, 1.54) is 171 Å². The topological polar surface area (TPSA) is 6.48 Å². The van der Waals surface area contributed by atoms with Crippen LogP contribution in [-0.4, -0.2) is 6.71 Å². The maximum absolute atomic E-state index is 2.80. The Morgan fingerprint density at radius 2 is 0.616 bits per heavy atom. The number of hydrogen-bond acceptors (Lipinski definition) is 2. The molecular weight excluding hydrogens is 1040 g/mol. The van der Waals surface area contributed by atoms with Crippen molar-refractivity contribution in [3.05, 3.63) is 205 Å².